The van der Waals surface area contributed by atoms with Crippen molar-refractivity contribution in [2.75, 3.05) is 61.9 Å². The fourth-order valence-corrected chi connectivity index (χ4v) is 2.06. The van der Waals surface area contributed by atoms with Crippen molar-refractivity contribution in [3.8, 4) is 0 Å². The second kappa shape index (κ2) is 22.9. The van der Waals surface area contributed by atoms with Gasteiger partial charge < -0.3 is 35.1 Å². The lowest BCUT2D eigenvalue weighted by Crippen LogP contribution is -2.42. The highest BCUT2D eigenvalue weighted by molar-refractivity contribution is 5.88. The first-order valence-corrected chi connectivity index (χ1v) is 10.4. The Kier molecular flexibility index (Phi) is 27.1. The summed E-state index contributed by atoms with van der Waals surface area (Å²) in [4.78, 5) is 37.0. The molecule has 10 heteroatoms. The Labute approximate surface area is 188 Å². The number of hydrogen-bond donors (Lipinski definition) is 4. The van der Waals surface area contributed by atoms with Crippen LogP contribution in [0.4, 0.5) is 0 Å². The van der Waals surface area contributed by atoms with Gasteiger partial charge in [0.25, 0.3) is 0 Å². The fourth-order valence-electron chi connectivity index (χ4n) is 2.06. The number of rotatable bonds is 11. The standard InChI is InChI=1S/C6H8O7.3C5H13N/c7-3(8)1-6(13,5(11)12)2-4(9)10;3*1-4-5-6(2)3/h13H,1-2H2,(H,7,8)(H,9,10)(H,11,12);3*4-5H2,1-3H3. The summed E-state index contributed by atoms with van der Waals surface area (Å²) in [6, 6.07) is 0. The van der Waals surface area contributed by atoms with Crippen molar-refractivity contribution >= 4 is 17.9 Å². The molecule has 0 spiro atoms. The second-order valence-corrected chi connectivity index (χ2v) is 7.89. The van der Waals surface area contributed by atoms with E-state index < -0.39 is 36.4 Å². The van der Waals surface area contributed by atoms with Crippen LogP contribution in [0.3, 0.4) is 0 Å². The highest BCUT2D eigenvalue weighted by Crippen LogP contribution is 2.15. The maximum absolute atomic E-state index is 10.3. The summed E-state index contributed by atoms with van der Waals surface area (Å²) in [6.07, 6.45) is 1.48. The average molecular weight is 454 g/mol. The zero-order chi connectivity index (χ0) is 25.6. The van der Waals surface area contributed by atoms with Gasteiger partial charge in [-0.1, -0.05) is 20.8 Å². The smallest absolute Gasteiger partial charge is 0.336 e. The van der Waals surface area contributed by atoms with Gasteiger partial charge in [-0.15, -0.1) is 0 Å². The van der Waals surface area contributed by atoms with Gasteiger partial charge in [0, 0.05) is 0 Å². The number of aliphatic hydroxyl groups is 1. The van der Waals surface area contributed by atoms with E-state index >= 15 is 0 Å². The number of carboxylic acid groups (broad SMARTS) is 3. The van der Waals surface area contributed by atoms with Gasteiger partial charge in [-0.25, -0.2) is 4.79 Å². The van der Waals surface area contributed by atoms with Crippen LogP contribution in [0.25, 0.3) is 0 Å². The Hall–Kier alpha value is -1.75. The minimum Gasteiger partial charge on any atom is -0.481 e. The Bertz CT molecular complexity index is 416. The molecule has 0 saturated carbocycles. The number of carbonyl (C=O) groups is 3. The van der Waals surface area contributed by atoms with Crippen LogP contribution in [-0.4, -0.2) is 121 Å². The molecule has 0 amide bonds. The molecule has 0 heterocycles. The quantitative estimate of drug-likeness (QED) is 0.364. The van der Waals surface area contributed by atoms with E-state index in [1.807, 2.05) is 0 Å². The first-order chi connectivity index (χ1) is 14.1. The molecule has 0 aromatic carbocycles. The van der Waals surface area contributed by atoms with Crippen molar-refractivity contribution in [3.63, 3.8) is 0 Å². The molecule has 0 atom stereocenters. The number of carboxylic acids is 3. The molecule has 0 aliphatic rings. The van der Waals surface area contributed by atoms with Gasteiger partial charge in [0.1, 0.15) is 0 Å². The number of hydrogen-bond acceptors (Lipinski definition) is 7. The van der Waals surface area contributed by atoms with Gasteiger partial charge in [-0.3, -0.25) is 9.59 Å². The summed E-state index contributed by atoms with van der Waals surface area (Å²) >= 11 is 0. The van der Waals surface area contributed by atoms with E-state index in [0.29, 0.717) is 0 Å². The Morgan fingerprint density at radius 2 is 0.839 bits per heavy atom. The highest BCUT2D eigenvalue weighted by atomic mass is 16.4. The lowest BCUT2D eigenvalue weighted by molar-refractivity contribution is -0.170. The molecule has 10 nitrogen and oxygen atoms in total. The molecule has 0 aromatic rings. The summed E-state index contributed by atoms with van der Waals surface area (Å²) in [7, 11) is 12.5. The minimum absolute atomic E-state index is 1.14. The molecule has 0 rings (SSSR count). The molecule has 31 heavy (non-hydrogen) atoms. The summed E-state index contributed by atoms with van der Waals surface area (Å²) in [6.45, 7) is 10.2. The summed E-state index contributed by atoms with van der Waals surface area (Å²) in [5, 5.41) is 33.8. The Morgan fingerprint density at radius 3 is 0.903 bits per heavy atom. The lowest BCUT2D eigenvalue weighted by Gasteiger charge is -2.18. The van der Waals surface area contributed by atoms with Gasteiger partial charge >= 0.3 is 17.9 Å². The molecule has 0 radical (unpaired) electrons. The molecule has 0 bridgehead atoms. The predicted octanol–water partition coefficient (Wildman–Crippen LogP) is 1.63. The van der Waals surface area contributed by atoms with E-state index in [0.717, 1.165) is 0 Å². The maximum Gasteiger partial charge on any atom is 0.336 e. The minimum atomic E-state index is -2.74. The van der Waals surface area contributed by atoms with Crippen molar-refractivity contribution in [2.24, 2.45) is 0 Å². The zero-order valence-electron chi connectivity index (χ0n) is 21.0. The zero-order valence-corrected chi connectivity index (χ0v) is 21.0. The van der Waals surface area contributed by atoms with Crippen LogP contribution in [0.15, 0.2) is 0 Å². The molecule has 0 aromatic heterocycles. The maximum atomic E-state index is 10.3. The number of nitrogens with zero attached hydrogens (tertiary/aromatic N) is 3. The van der Waals surface area contributed by atoms with E-state index in [4.69, 9.17) is 20.4 Å². The molecular weight excluding hydrogens is 406 g/mol. The molecule has 4 N–H and O–H groups in total. The van der Waals surface area contributed by atoms with Crippen molar-refractivity contribution < 1.29 is 34.8 Å². The third kappa shape index (κ3) is 36.0. The van der Waals surface area contributed by atoms with Gasteiger partial charge in [0.15, 0.2) is 5.60 Å². The second-order valence-electron chi connectivity index (χ2n) is 7.89. The van der Waals surface area contributed by atoms with Crippen LogP contribution in [0, 0.1) is 0 Å². The van der Waals surface area contributed by atoms with Crippen LogP contribution in [0.1, 0.15) is 52.9 Å². The fraction of sp³-hybridized carbons (Fsp3) is 0.857. The van der Waals surface area contributed by atoms with Crippen LogP contribution < -0.4 is 0 Å². The van der Waals surface area contributed by atoms with Crippen LogP contribution in [0.2, 0.25) is 0 Å². The highest BCUT2D eigenvalue weighted by Gasteiger charge is 2.40. The van der Waals surface area contributed by atoms with Gasteiger partial charge in [0.2, 0.25) is 0 Å². The molecule has 0 unspecified atom stereocenters. The van der Waals surface area contributed by atoms with Gasteiger partial charge in [0.05, 0.1) is 12.8 Å². The SMILES string of the molecule is CCCN(C)C.CCCN(C)C.CCCN(C)C.O=C(O)CC(O)(CC(=O)O)C(=O)O. The predicted molar refractivity (Wildman–Crippen MR) is 124 cm³/mol. The third-order valence-corrected chi connectivity index (χ3v) is 3.30. The van der Waals surface area contributed by atoms with Crippen LogP contribution in [0.5, 0.6) is 0 Å². The van der Waals surface area contributed by atoms with E-state index in [1.165, 1.54) is 38.9 Å². The Morgan fingerprint density at radius 1 is 0.613 bits per heavy atom. The van der Waals surface area contributed by atoms with Crippen LogP contribution >= 0.6 is 0 Å². The van der Waals surface area contributed by atoms with Gasteiger partial charge in [-0.05, 0) is 81.2 Å². The van der Waals surface area contributed by atoms with E-state index in [9.17, 15) is 14.4 Å². The average Bonchev–Trinajstić information content (AvgIpc) is 2.54. The van der Waals surface area contributed by atoms with Gasteiger partial charge in [-0.2, -0.15) is 0 Å². The largest absolute Gasteiger partial charge is 0.481 e. The van der Waals surface area contributed by atoms with E-state index in [2.05, 4.69) is 77.8 Å². The van der Waals surface area contributed by atoms with Crippen LogP contribution in [-0.2, 0) is 14.4 Å². The molecule has 0 aliphatic heterocycles. The van der Waals surface area contributed by atoms with E-state index in [-0.39, 0.29) is 0 Å². The van der Waals surface area contributed by atoms with E-state index in [1.54, 1.807) is 0 Å². The molecule has 188 valence electrons. The normalized spacial score (nSPS) is 10.4. The summed E-state index contributed by atoms with van der Waals surface area (Å²) in [5.74, 6) is -5.02. The first kappa shape index (κ1) is 36.6. The number of aliphatic carboxylic acids is 3. The monoisotopic (exact) mass is 453 g/mol. The third-order valence-electron chi connectivity index (χ3n) is 3.30. The summed E-state index contributed by atoms with van der Waals surface area (Å²) in [5.41, 5.74) is -2.74. The molecule has 0 fully saturated rings. The van der Waals surface area contributed by atoms with Crippen molar-refractivity contribution in [1.29, 1.82) is 0 Å². The lowest BCUT2D eigenvalue weighted by atomic mass is 9.96. The topological polar surface area (TPSA) is 142 Å². The molecular formula is C21H47N3O7. The first-order valence-electron chi connectivity index (χ1n) is 10.4. The molecule has 0 saturated heterocycles. The van der Waals surface area contributed by atoms with Crippen molar-refractivity contribution in [2.45, 2.75) is 58.5 Å². The molecule has 0 aliphatic carbocycles. The Balaban J connectivity index is -0.000000171. The van der Waals surface area contributed by atoms with Crippen molar-refractivity contribution in [1.82, 2.24) is 14.7 Å². The van der Waals surface area contributed by atoms with Crippen molar-refractivity contribution in [3.05, 3.63) is 0 Å². The summed E-state index contributed by atoms with van der Waals surface area (Å²) < 4.78 is 0.